The van der Waals surface area contributed by atoms with Crippen LogP contribution in [0.2, 0.25) is 0 Å². The quantitative estimate of drug-likeness (QED) is 0.786. The summed E-state index contributed by atoms with van der Waals surface area (Å²) in [5.41, 5.74) is 0. The molecule has 2 aliphatic heterocycles. The Hall–Kier alpha value is -0.320. The van der Waals surface area contributed by atoms with Crippen LogP contribution in [-0.2, 0) is 9.53 Å². The van der Waals surface area contributed by atoms with Crippen molar-refractivity contribution in [3.05, 3.63) is 0 Å². The molecule has 0 aromatic carbocycles. The van der Waals surface area contributed by atoms with Gasteiger partial charge in [-0.15, -0.1) is 12.4 Å². The molecule has 2 heterocycles. The molecule has 0 aliphatic carbocycles. The molecular formula is C11H21ClN2O2. The van der Waals surface area contributed by atoms with Gasteiger partial charge in [0.05, 0.1) is 6.61 Å². The number of rotatable bonds is 2. The van der Waals surface area contributed by atoms with Crippen LogP contribution in [0.5, 0.6) is 0 Å². The summed E-state index contributed by atoms with van der Waals surface area (Å²) in [6.07, 6.45) is 3.12. The van der Waals surface area contributed by atoms with Gasteiger partial charge in [-0.2, -0.15) is 0 Å². The van der Waals surface area contributed by atoms with Crippen LogP contribution >= 0.6 is 12.4 Å². The average Bonchev–Trinajstić information content (AvgIpc) is 2.77. The van der Waals surface area contributed by atoms with E-state index in [-0.39, 0.29) is 24.4 Å². The normalized spacial score (nSPS) is 29.9. The van der Waals surface area contributed by atoms with Crippen molar-refractivity contribution in [1.82, 2.24) is 10.2 Å². The van der Waals surface area contributed by atoms with E-state index in [4.69, 9.17) is 4.74 Å². The lowest BCUT2D eigenvalue weighted by Gasteiger charge is -2.30. The lowest BCUT2D eigenvalue weighted by Crippen LogP contribution is -2.50. The second kappa shape index (κ2) is 6.42. The lowest BCUT2D eigenvalue weighted by atomic mass is 10.1. The first-order chi connectivity index (χ1) is 7.33. The van der Waals surface area contributed by atoms with Crippen LogP contribution in [0, 0.1) is 0 Å². The Labute approximate surface area is 103 Å². The molecule has 94 valence electrons. The number of amides is 1. The number of morpholine rings is 1. The number of nitrogens with zero attached hydrogens (tertiary/aromatic N) is 1. The maximum Gasteiger partial charge on any atom is 0.253 e. The van der Waals surface area contributed by atoms with E-state index in [1.54, 1.807) is 0 Å². The number of hydrogen-bond donors (Lipinski definition) is 1. The van der Waals surface area contributed by atoms with E-state index in [1.807, 2.05) is 4.90 Å². The number of nitrogens with one attached hydrogen (secondary N) is 1. The third-order valence-corrected chi connectivity index (χ3v) is 3.33. The molecule has 0 bridgehead atoms. The summed E-state index contributed by atoms with van der Waals surface area (Å²) in [7, 11) is 0. The monoisotopic (exact) mass is 248 g/mol. The predicted molar refractivity (Wildman–Crippen MR) is 64.9 cm³/mol. The van der Waals surface area contributed by atoms with Crippen LogP contribution in [0.1, 0.15) is 26.2 Å². The maximum atomic E-state index is 12.1. The Morgan fingerprint density at radius 2 is 2.38 bits per heavy atom. The average molecular weight is 249 g/mol. The highest BCUT2D eigenvalue weighted by atomic mass is 35.5. The largest absolute Gasteiger partial charge is 0.366 e. The highest BCUT2D eigenvalue weighted by Crippen LogP contribution is 2.21. The lowest BCUT2D eigenvalue weighted by molar-refractivity contribution is -0.146. The molecule has 2 fully saturated rings. The van der Waals surface area contributed by atoms with Gasteiger partial charge >= 0.3 is 0 Å². The van der Waals surface area contributed by atoms with Crippen LogP contribution < -0.4 is 5.32 Å². The van der Waals surface area contributed by atoms with Crippen molar-refractivity contribution < 1.29 is 9.53 Å². The van der Waals surface area contributed by atoms with Gasteiger partial charge in [0.25, 0.3) is 5.91 Å². The number of carbonyl (C=O) groups excluding carboxylic acids is 1. The molecule has 4 nitrogen and oxygen atoms in total. The molecule has 16 heavy (non-hydrogen) atoms. The minimum atomic E-state index is -0.245. The van der Waals surface area contributed by atoms with Crippen LogP contribution in [0.25, 0.3) is 0 Å². The summed E-state index contributed by atoms with van der Waals surface area (Å²) in [4.78, 5) is 14.1. The summed E-state index contributed by atoms with van der Waals surface area (Å²) >= 11 is 0. The number of hydrogen-bond acceptors (Lipinski definition) is 3. The molecule has 2 atom stereocenters. The highest BCUT2D eigenvalue weighted by Gasteiger charge is 2.33. The smallest absolute Gasteiger partial charge is 0.253 e. The third-order valence-electron chi connectivity index (χ3n) is 3.33. The first-order valence-corrected chi connectivity index (χ1v) is 5.95. The zero-order valence-electron chi connectivity index (χ0n) is 9.78. The Morgan fingerprint density at radius 1 is 1.56 bits per heavy atom. The highest BCUT2D eigenvalue weighted by molar-refractivity contribution is 5.85. The number of halogens is 1. The minimum absolute atomic E-state index is 0. The Kier molecular flexibility index (Phi) is 5.52. The number of ether oxygens (including phenoxy) is 1. The molecule has 2 aliphatic rings. The van der Waals surface area contributed by atoms with Crippen LogP contribution in [0.3, 0.4) is 0 Å². The summed E-state index contributed by atoms with van der Waals surface area (Å²) in [5, 5.41) is 3.20. The van der Waals surface area contributed by atoms with Gasteiger partial charge in [0.1, 0.15) is 6.10 Å². The second-order valence-corrected chi connectivity index (χ2v) is 4.30. The van der Waals surface area contributed by atoms with E-state index in [9.17, 15) is 4.79 Å². The van der Waals surface area contributed by atoms with Gasteiger partial charge in [0.15, 0.2) is 0 Å². The summed E-state index contributed by atoms with van der Waals surface area (Å²) in [6, 6.07) is 0.447. The minimum Gasteiger partial charge on any atom is -0.366 e. The van der Waals surface area contributed by atoms with Gasteiger partial charge in [0, 0.05) is 25.7 Å². The number of carbonyl (C=O) groups is 1. The predicted octanol–water partition coefficient (Wildman–Crippen LogP) is 0.798. The fourth-order valence-corrected chi connectivity index (χ4v) is 2.46. The molecule has 2 rings (SSSR count). The van der Waals surface area contributed by atoms with Crippen molar-refractivity contribution in [3.63, 3.8) is 0 Å². The SMILES string of the molecule is CCC1CCCN1C(=O)C1CNCCO1.Cl. The Bertz CT molecular complexity index is 232. The molecule has 2 unspecified atom stereocenters. The molecule has 1 N–H and O–H groups in total. The van der Waals surface area contributed by atoms with Gasteiger partial charge in [-0.1, -0.05) is 6.92 Å². The fourth-order valence-electron chi connectivity index (χ4n) is 2.46. The molecule has 0 radical (unpaired) electrons. The van der Waals surface area contributed by atoms with Crippen molar-refractivity contribution >= 4 is 18.3 Å². The zero-order chi connectivity index (χ0) is 10.7. The Morgan fingerprint density at radius 3 is 3.00 bits per heavy atom. The standard InChI is InChI=1S/C11H20N2O2.ClH/c1-2-9-4-3-6-13(9)11(14)10-8-12-5-7-15-10;/h9-10,12H,2-8H2,1H3;1H. The van der Waals surface area contributed by atoms with Crippen molar-refractivity contribution in [1.29, 1.82) is 0 Å². The first-order valence-electron chi connectivity index (χ1n) is 5.95. The Balaban J connectivity index is 0.00000128. The molecule has 1 amide bonds. The van der Waals surface area contributed by atoms with Crippen LogP contribution in [0.4, 0.5) is 0 Å². The van der Waals surface area contributed by atoms with Crippen molar-refractivity contribution in [2.24, 2.45) is 0 Å². The summed E-state index contributed by atoms with van der Waals surface area (Å²) in [5.74, 6) is 0.187. The van der Waals surface area contributed by atoms with Crippen molar-refractivity contribution in [2.45, 2.75) is 38.3 Å². The van der Waals surface area contributed by atoms with Crippen molar-refractivity contribution in [3.8, 4) is 0 Å². The molecule has 2 saturated heterocycles. The molecule has 0 aromatic rings. The van der Waals surface area contributed by atoms with E-state index in [1.165, 1.54) is 0 Å². The molecular weight excluding hydrogens is 228 g/mol. The van der Waals surface area contributed by atoms with Gasteiger partial charge < -0.3 is 15.0 Å². The van der Waals surface area contributed by atoms with E-state index in [2.05, 4.69) is 12.2 Å². The van der Waals surface area contributed by atoms with E-state index >= 15 is 0 Å². The first kappa shape index (κ1) is 13.7. The topological polar surface area (TPSA) is 41.6 Å². The second-order valence-electron chi connectivity index (χ2n) is 4.30. The van der Waals surface area contributed by atoms with Crippen LogP contribution in [0.15, 0.2) is 0 Å². The van der Waals surface area contributed by atoms with Crippen molar-refractivity contribution in [2.75, 3.05) is 26.2 Å². The third kappa shape index (κ3) is 2.87. The summed E-state index contributed by atoms with van der Waals surface area (Å²) < 4.78 is 5.49. The number of likely N-dealkylation sites (tertiary alicyclic amines) is 1. The van der Waals surface area contributed by atoms with E-state index < -0.39 is 0 Å². The fraction of sp³-hybridized carbons (Fsp3) is 0.909. The summed E-state index contributed by atoms with van der Waals surface area (Å²) in [6.45, 7) is 5.25. The van der Waals surface area contributed by atoms with Crippen LogP contribution in [-0.4, -0.2) is 49.2 Å². The molecule has 5 heteroatoms. The van der Waals surface area contributed by atoms with E-state index in [0.29, 0.717) is 19.2 Å². The molecule has 0 spiro atoms. The molecule has 0 aromatic heterocycles. The zero-order valence-corrected chi connectivity index (χ0v) is 10.6. The molecule has 0 saturated carbocycles. The van der Waals surface area contributed by atoms with Gasteiger partial charge in [0.2, 0.25) is 0 Å². The van der Waals surface area contributed by atoms with Gasteiger partial charge in [-0.05, 0) is 19.3 Å². The van der Waals surface area contributed by atoms with E-state index in [0.717, 1.165) is 32.4 Å². The van der Waals surface area contributed by atoms with Gasteiger partial charge in [-0.25, -0.2) is 0 Å². The van der Waals surface area contributed by atoms with Gasteiger partial charge in [-0.3, -0.25) is 4.79 Å². The maximum absolute atomic E-state index is 12.1.